The van der Waals surface area contributed by atoms with E-state index < -0.39 is 0 Å². The van der Waals surface area contributed by atoms with Crippen LogP contribution in [-0.4, -0.2) is 20.9 Å². The number of hydrogen-bond acceptors (Lipinski definition) is 4. The number of carbonyl (C=O) groups is 1. The van der Waals surface area contributed by atoms with E-state index in [4.69, 9.17) is 4.74 Å². The summed E-state index contributed by atoms with van der Waals surface area (Å²) in [7, 11) is 0. The Balaban J connectivity index is 1.53. The molecule has 0 bridgehead atoms. The van der Waals surface area contributed by atoms with Gasteiger partial charge in [0, 0.05) is 11.8 Å². The Morgan fingerprint density at radius 2 is 1.96 bits per heavy atom. The Kier molecular flexibility index (Phi) is 4.07. The SMILES string of the molecule is Cc1ccc2nc(NC(=O)c3cccc(Oc4cccnc4)c3)[nH]c2c1. The number of rotatable bonds is 4. The smallest absolute Gasteiger partial charge is 0.258 e. The zero-order valence-corrected chi connectivity index (χ0v) is 14.1. The molecular formula is C20H16N4O2. The van der Waals surface area contributed by atoms with E-state index in [1.54, 1.807) is 48.8 Å². The number of H-pyrrole nitrogens is 1. The second-order valence-corrected chi connectivity index (χ2v) is 5.88. The molecule has 2 aromatic heterocycles. The zero-order valence-electron chi connectivity index (χ0n) is 14.1. The van der Waals surface area contributed by atoms with Gasteiger partial charge in [0.2, 0.25) is 5.95 Å². The van der Waals surface area contributed by atoms with Crippen molar-refractivity contribution in [1.29, 1.82) is 0 Å². The number of anilines is 1. The summed E-state index contributed by atoms with van der Waals surface area (Å²) in [6.45, 7) is 2.01. The highest BCUT2D eigenvalue weighted by molar-refractivity contribution is 6.04. The first-order valence-electron chi connectivity index (χ1n) is 8.13. The van der Waals surface area contributed by atoms with Crippen LogP contribution in [0.4, 0.5) is 5.95 Å². The molecule has 0 saturated heterocycles. The quantitative estimate of drug-likeness (QED) is 0.578. The molecule has 2 aromatic carbocycles. The van der Waals surface area contributed by atoms with Crippen molar-refractivity contribution >= 4 is 22.9 Å². The standard InChI is InChI=1S/C20H16N4O2/c1-13-7-8-17-18(10-13)23-20(22-17)24-19(25)14-4-2-5-15(11-14)26-16-6-3-9-21-12-16/h2-12H,1H3,(H2,22,23,24,25). The minimum Gasteiger partial charge on any atom is -0.456 e. The van der Waals surface area contributed by atoms with Gasteiger partial charge in [0.15, 0.2) is 0 Å². The first-order valence-corrected chi connectivity index (χ1v) is 8.13. The van der Waals surface area contributed by atoms with Crippen molar-refractivity contribution in [2.24, 2.45) is 0 Å². The number of aromatic amines is 1. The van der Waals surface area contributed by atoms with Crippen molar-refractivity contribution in [2.45, 2.75) is 6.92 Å². The summed E-state index contributed by atoms with van der Waals surface area (Å²) < 4.78 is 5.71. The molecule has 0 radical (unpaired) electrons. The van der Waals surface area contributed by atoms with Gasteiger partial charge < -0.3 is 9.72 Å². The number of aromatic nitrogens is 3. The molecule has 0 spiro atoms. The number of nitrogens with one attached hydrogen (secondary N) is 2. The maximum absolute atomic E-state index is 12.5. The number of carbonyl (C=O) groups excluding carboxylic acids is 1. The number of nitrogens with zero attached hydrogens (tertiary/aromatic N) is 2. The number of hydrogen-bond donors (Lipinski definition) is 2. The number of amides is 1. The monoisotopic (exact) mass is 344 g/mol. The summed E-state index contributed by atoms with van der Waals surface area (Å²) >= 11 is 0. The van der Waals surface area contributed by atoms with E-state index in [0.29, 0.717) is 23.0 Å². The lowest BCUT2D eigenvalue weighted by atomic mass is 10.2. The topological polar surface area (TPSA) is 79.9 Å². The number of aryl methyl sites for hydroxylation is 1. The van der Waals surface area contributed by atoms with Crippen LogP contribution in [-0.2, 0) is 0 Å². The third kappa shape index (κ3) is 3.39. The molecule has 128 valence electrons. The Morgan fingerprint density at radius 1 is 1.08 bits per heavy atom. The van der Waals surface area contributed by atoms with Gasteiger partial charge in [0.1, 0.15) is 11.5 Å². The third-order valence-corrected chi connectivity index (χ3v) is 3.84. The zero-order chi connectivity index (χ0) is 17.9. The average Bonchev–Trinajstić information content (AvgIpc) is 3.04. The van der Waals surface area contributed by atoms with Crippen LogP contribution in [0.1, 0.15) is 15.9 Å². The summed E-state index contributed by atoms with van der Waals surface area (Å²) in [5.41, 5.74) is 3.29. The minimum atomic E-state index is -0.266. The Hall–Kier alpha value is -3.67. The number of benzene rings is 2. The molecule has 0 unspecified atom stereocenters. The largest absolute Gasteiger partial charge is 0.456 e. The van der Waals surface area contributed by atoms with Crippen LogP contribution in [0.2, 0.25) is 0 Å². The molecule has 1 amide bonds. The Labute approximate surface area is 149 Å². The molecule has 0 aliphatic carbocycles. The van der Waals surface area contributed by atoms with Gasteiger partial charge in [-0.15, -0.1) is 0 Å². The van der Waals surface area contributed by atoms with Gasteiger partial charge in [-0.05, 0) is 55.0 Å². The van der Waals surface area contributed by atoms with E-state index in [1.807, 2.05) is 25.1 Å². The predicted octanol–water partition coefficient (Wildman–Crippen LogP) is 4.31. The van der Waals surface area contributed by atoms with Gasteiger partial charge in [-0.1, -0.05) is 12.1 Å². The van der Waals surface area contributed by atoms with Gasteiger partial charge in [-0.2, -0.15) is 0 Å². The normalized spacial score (nSPS) is 10.7. The van der Waals surface area contributed by atoms with Gasteiger partial charge in [0.25, 0.3) is 5.91 Å². The van der Waals surface area contributed by atoms with Crippen LogP contribution in [0.5, 0.6) is 11.5 Å². The van der Waals surface area contributed by atoms with Gasteiger partial charge in [-0.25, -0.2) is 4.98 Å². The van der Waals surface area contributed by atoms with Crippen LogP contribution in [0.25, 0.3) is 11.0 Å². The lowest BCUT2D eigenvalue weighted by Gasteiger charge is -2.07. The van der Waals surface area contributed by atoms with Crippen LogP contribution < -0.4 is 10.1 Å². The molecule has 4 rings (SSSR count). The first kappa shape index (κ1) is 15.8. The molecule has 26 heavy (non-hydrogen) atoms. The van der Waals surface area contributed by atoms with Crippen molar-refractivity contribution in [1.82, 2.24) is 15.0 Å². The highest BCUT2D eigenvalue weighted by Crippen LogP contribution is 2.22. The van der Waals surface area contributed by atoms with Gasteiger partial charge in [0.05, 0.1) is 17.2 Å². The lowest BCUT2D eigenvalue weighted by molar-refractivity contribution is 0.102. The van der Waals surface area contributed by atoms with E-state index in [-0.39, 0.29) is 5.91 Å². The lowest BCUT2D eigenvalue weighted by Crippen LogP contribution is -2.12. The Bertz CT molecular complexity index is 1070. The van der Waals surface area contributed by atoms with Crippen LogP contribution in [0.3, 0.4) is 0 Å². The highest BCUT2D eigenvalue weighted by atomic mass is 16.5. The van der Waals surface area contributed by atoms with Gasteiger partial charge in [-0.3, -0.25) is 15.1 Å². The van der Waals surface area contributed by atoms with Crippen LogP contribution >= 0.6 is 0 Å². The summed E-state index contributed by atoms with van der Waals surface area (Å²) in [6.07, 6.45) is 3.29. The number of imidazole rings is 1. The molecule has 0 fully saturated rings. The fourth-order valence-electron chi connectivity index (χ4n) is 2.61. The average molecular weight is 344 g/mol. The fraction of sp³-hybridized carbons (Fsp3) is 0.0500. The third-order valence-electron chi connectivity index (χ3n) is 3.84. The molecule has 4 aromatic rings. The molecule has 6 nitrogen and oxygen atoms in total. The molecular weight excluding hydrogens is 328 g/mol. The number of fused-ring (bicyclic) bond motifs is 1. The maximum Gasteiger partial charge on any atom is 0.258 e. The molecule has 6 heteroatoms. The minimum absolute atomic E-state index is 0.266. The summed E-state index contributed by atoms with van der Waals surface area (Å²) in [5.74, 6) is 1.31. The maximum atomic E-state index is 12.5. The summed E-state index contributed by atoms with van der Waals surface area (Å²) in [6, 6.07) is 16.4. The van der Waals surface area contributed by atoms with Crippen molar-refractivity contribution in [3.8, 4) is 11.5 Å². The predicted molar refractivity (Wildman–Crippen MR) is 99.5 cm³/mol. The van der Waals surface area contributed by atoms with Crippen LogP contribution in [0.15, 0.2) is 67.0 Å². The molecule has 0 aliphatic rings. The van der Waals surface area contributed by atoms with E-state index in [9.17, 15) is 4.79 Å². The van der Waals surface area contributed by atoms with Crippen molar-refractivity contribution in [2.75, 3.05) is 5.32 Å². The number of ether oxygens (including phenoxy) is 1. The first-order chi connectivity index (χ1) is 12.7. The molecule has 0 aliphatic heterocycles. The second-order valence-electron chi connectivity index (χ2n) is 5.88. The van der Waals surface area contributed by atoms with E-state index >= 15 is 0 Å². The number of pyridine rings is 1. The van der Waals surface area contributed by atoms with Crippen molar-refractivity contribution in [3.63, 3.8) is 0 Å². The van der Waals surface area contributed by atoms with Crippen molar-refractivity contribution in [3.05, 3.63) is 78.1 Å². The molecule has 2 heterocycles. The summed E-state index contributed by atoms with van der Waals surface area (Å²) in [4.78, 5) is 24.0. The van der Waals surface area contributed by atoms with Crippen molar-refractivity contribution < 1.29 is 9.53 Å². The molecule has 2 N–H and O–H groups in total. The van der Waals surface area contributed by atoms with E-state index in [1.165, 1.54) is 0 Å². The Morgan fingerprint density at radius 3 is 2.81 bits per heavy atom. The van der Waals surface area contributed by atoms with Gasteiger partial charge >= 0.3 is 0 Å². The van der Waals surface area contributed by atoms with E-state index in [2.05, 4.69) is 20.3 Å². The molecule has 0 saturated carbocycles. The highest BCUT2D eigenvalue weighted by Gasteiger charge is 2.11. The second kappa shape index (κ2) is 6.68. The van der Waals surface area contributed by atoms with E-state index in [0.717, 1.165) is 16.6 Å². The summed E-state index contributed by atoms with van der Waals surface area (Å²) in [5, 5.41) is 2.78. The molecule has 0 atom stereocenters. The fourth-order valence-corrected chi connectivity index (χ4v) is 2.61. The van der Waals surface area contributed by atoms with Crippen LogP contribution in [0, 0.1) is 6.92 Å².